The highest BCUT2D eigenvalue weighted by atomic mass is 79.9. The molecule has 2 nitrogen and oxygen atoms in total. The van der Waals surface area contributed by atoms with Crippen molar-refractivity contribution in [2.45, 2.75) is 5.33 Å². The number of hydrogen-bond acceptors (Lipinski definition) is 3. The van der Waals surface area contributed by atoms with Crippen LogP contribution in [0.4, 0.5) is 0 Å². The van der Waals surface area contributed by atoms with Crippen molar-refractivity contribution in [1.82, 2.24) is 0 Å². The summed E-state index contributed by atoms with van der Waals surface area (Å²) in [5.74, 6) is 1.56. The normalized spacial score (nSPS) is 10.3. The van der Waals surface area contributed by atoms with Crippen LogP contribution in [0, 0.1) is 0 Å². The van der Waals surface area contributed by atoms with Crippen LogP contribution in [0.2, 0.25) is 0 Å². The molecule has 0 unspecified atom stereocenters. The van der Waals surface area contributed by atoms with Gasteiger partial charge in [0.2, 0.25) is 0 Å². The molecule has 90 valence electrons. The van der Waals surface area contributed by atoms with Gasteiger partial charge in [-0.25, -0.2) is 0 Å². The first-order valence-electron chi connectivity index (χ1n) is 5.15. The van der Waals surface area contributed by atoms with Gasteiger partial charge in [0.15, 0.2) is 11.5 Å². The lowest BCUT2D eigenvalue weighted by Crippen LogP contribution is -1.94. The Morgan fingerprint density at radius 1 is 1.24 bits per heavy atom. The van der Waals surface area contributed by atoms with Gasteiger partial charge in [-0.1, -0.05) is 22.0 Å². The van der Waals surface area contributed by atoms with E-state index in [1.807, 2.05) is 12.1 Å². The molecule has 0 aliphatic carbocycles. The average Bonchev–Trinajstić information content (AvgIpc) is 2.90. The Morgan fingerprint density at radius 3 is 2.59 bits per heavy atom. The summed E-state index contributed by atoms with van der Waals surface area (Å²) in [6.45, 7) is 0. The Kier molecular flexibility index (Phi) is 4.07. The molecule has 0 radical (unpaired) electrons. The molecule has 0 saturated carbocycles. The molecule has 0 bridgehead atoms. The largest absolute Gasteiger partial charge is 0.493 e. The van der Waals surface area contributed by atoms with E-state index in [0.717, 1.165) is 22.4 Å². The summed E-state index contributed by atoms with van der Waals surface area (Å²) in [6.07, 6.45) is 0. The van der Waals surface area contributed by atoms with Crippen LogP contribution in [-0.2, 0) is 5.33 Å². The van der Waals surface area contributed by atoms with Gasteiger partial charge < -0.3 is 9.47 Å². The van der Waals surface area contributed by atoms with E-state index in [-0.39, 0.29) is 0 Å². The molecule has 4 heteroatoms. The Bertz CT molecular complexity index is 494. The smallest absolute Gasteiger partial charge is 0.169 e. The number of alkyl halides is 1. The summed E-state index contributed by atoms with van der Waals surface area (Å²) in [4.78, 5) is 1.18. The van der Waals surface area contributed by atoms with Gasteiger partial charge in [0.1, 0.15) is 0 Å². The van der Waals surface area contributed by atoms with E-state index in [1.165, 1.54) is 10.4 Å². The van der Waals surface area contributed by atoms with Gasteiger partial charge in [0, 0.05) is 15.8 Å². The van der Waals surface area contributed by atoms with Gasteiger partial charge in [-0.3, -0.25) is 0 Å². The quantitative estimate of drug-likeness (QED) is 0.782. The zero-order valence-corrected chi connectivity index (χ0v) is 12.1. The lowest BCUT2D eigenvalue weighted by molar-refractivity contribution is 0.356. The Hall–Kier alpha value is -1.00. The molecule has 17 heavy (non-hydrogen) atoms. The predicted molar refractivity (Wildman–Crippen MR) is 75.5 cm³/mol. The molecule has 0 aliphatic rings. The van der Waals surface area contributed by atoms with Gasteiger partial charge in [-0.2, -0.15) is 0 Å². The van der Waals surface area contributed by atoms with E-state index < -0.39 is 0 Å². The summed E-state index contributed by atoms with van der Waals surface area (Å²) in [7, 11) is 3.33. The maximum atomic E-state index is 5.46. The van der Waals surface area contributed by atoms with Crippen LogP contribution in [0.15, 0.2) is 29.6 Å². The van der Waals surface area contributed by atoms with Gasteiger partial charge in [0.25, 0.3) is 0 Å². The molecule has 1 aromatic heterocycles. The molecule has 2 rings (SSSR count). The molecule has 0 fully saturated rings. The minimum atomic E-state index is 0.771. The van der Waals surface area contributed by atoms with Crippen LogP contribution in [-0.4, -0.2) is 14.2 Å². The Balaban J connectivity index is 2.62. The van der Waals surface area contributed by atoms with Crippen molar-refractivity contribution in [3.8, 4) is 21.9 Å². The van der Waals surface area contributed by atoms with E-state index in [4.69, 9.17) is 9.47 Å². The molecule has 0 amide bonds. The number of hydrogen-bond donors (Lipinski definition) is 0. The van der Waals surface area contributed by atoms with Crippen LogP contribution < -0.4 is 9.47 Å². The molecule has 1 aromatic carbocycles. The summed E-state index contributed by atoms with van der Waals surface area (Å²) in [6, 6.07) is 8.24. The van der Waals surface area contributed by atoms with E-state index in [0.29, 0.717) is 0 Å². The zero-order valence-electron chi connectivity index (χ0n) is 9.70. The molecule has 0 saturated heterocycles. The van der Waals surface area contributed by atoms with Crippen molar-refractivity contribution in [2.24, 2.45) is 0 Å². The second-order valence-corrected chi connectivity index (χ2v) is 5.00. The minimum Gasteiger partial charge on any atom is -0.493 e. The van der Waals surface area contributed by atoms with Crippen LogP contribution >= 0.6 is 27.3 Å². The van der Waals surface area contributed by atoms with Crippen molar-refractivity contribution in [3.05, 3.63) is 35.2 Å². The van der Waals surface area contributed by atoms with Crippen molar-refractivity contribution < 1.29 is 9.47 Å². The topological polar surface area (TPSA) is 18.5 Å². The lowest BCUT2D eigenvalue weighted by Gasteiger charge is -2.13. The third-order valence-electron chi connectivity index (χ3n) is 2.48. The Morgan fingerprint density at radius 2 is 2.06 bits per heavy atom. The number of ether oxygens (including phenoxy) is 2. The fourth-order valence-electron chi connectivity index (χ4n) is 1.71. The number of thiophene rings is 1. The number of rotatable bonds is 4. The highest BCUT2D eigenvalue weighted by Gasteiger charge is 2.14. The summed E-state index contributed by atoms with van der Waals surface area (Å²) in [5.41, 5.74) is 2.25. The maximum absolute atomic E-state index is 5.46. The van der Waals surface area contributed by atoms with E-state index in [2.05, 4.69) is 33.4 Å². The highest BCUT2D eigenvalue weighted by molar-refractivity contribution is 9.08. The number of benzene rings is 1. The van der Waals surface area contributed by atoms with Crippen molar-refractivity contribution in [1.29, 1.82) is 0 Å². The fraction of sp³-hybridized carbons (Fsp3) is 0.231. The molecule has 0 spiro atoms. The zero-order chi connectivity index (χ0) is 12.3. The SMILES string of the molecule is COc1cc(CBr)cc(-c2cccs2)c1OC. The third kappa shape index (κ3) is 2.48. The molecule has 0 N–H and O–H groups in total. The highest BCUT2D eigenvalue weighted by Crippen LogP contribution is 2.41. The summed E-state index contributed by atoms with van der Waals surface area (Å²) in [5, 5.41) is 2.85. The second kappa shape index (κ2) is 5.56. The van der Waals surface area contributed by atoms with Crippen LogP contribution in [0.3, 0.4) is 0 Å². The minimum absolute atomic E-state index is 0.771. The lowest BCUT2D eigenvalue weighted by atomic mass is 10.1. The maximum Gasteiger partial charge on any atom is 0.169 e. The van der Waals surface area contributed by atoms with Crippen molar-refractivity contribution in [3.63, 3.8) is 0 Å². The second-order valence-electron chi connectivity index (χ2n) is 3.49. The monoisotopic (exact) mass is 312 g/mol. The standard InChI is InChI=1S/C13H13BrO2S/c1-15-11-7-9(8-14)6-10(13(11)16-2)12-4-3-5-17-12/h3-7H,8H2,1-2H3. The first-order chi connectivity index (χ1) is 8.30. The molecular weight excluding hydrogens is 300 g/mol. The van der Waals surface area contributed by atoms with E-state index in [9.17, 15) is 0 Å². The van der Waals surface area contributed by atoms with Crippen molar-refractivity contribution >= 4 is 27.3 Å². The Labute approximate surface area is 113 Å². The first kappa shape index (κ1) is 12.5. The van der Waals surface area contributed by atoms with E-state index >= 15 is 0 Å². The van der Waals surface area contributed by atoms with Crippen LogP contribution in [0.25, 0.3) is 10.4 Å². The average molecular weight is 313 g/mol. The van der Waals surface area contributed by atoms with Crippen LogP contribution in [0.1, 0.15) is 5.56 Å². The van der Waals surface area contributed by atoms with Crippen molar-refractivity contribution in [2.75, 3.05) is 14.2 Å². The van der Waals surface area contributed by atoms with Gasteiger partial charge in [-0.05, 0) is 29.1 Å². The fourth-order valence-corrected chi connectivity index (χ4v) is 2.78. The molecule has 2 aromatic rings. The van der Waals surface area contributed by atoms with E-state index in [1.54, 1.807) is 25.6 Å². The molecule has 0 atom stereocenters. The van der Waals surface area contributed by atoms with Gasteiger partial charge >= 0.3 is 0 Å². The van der Waals surface area contributed by atoms with Crippen LogP contribution in [0.5, 0.6) is 11.5 Å². The summed E-state index contributed by atoms with van der Waals surface area (Å²) >= 11 is 5.16. The van der Waals surface area contributed by atoms with Gasteiger partial charge in [-0.15, -0.1) is 11.3 Å². The number of methoxy groups -OCH3 is 2. The molecular formula is C13H13BrO2S. The number of halogens is 1. The third-order valence-corrected chi connectivity index (χ3v) is 4.03. The predicted octanol–water partition coefficient (Wildman–Crippen LogP) is 4.33. The first-order valence-corrected chi connectivity index (χ1v) is 7.15. The summed E-state index contributed by atoms with van der Waals surface area (Å²) < 4.78 is 10.8. The van der Waals surface area contributed by atoms with Gasteiger partial charge in [0.05, 0.1) is 14.2 Å². The molecule has 1 heterocycles. The molecule has 0 aliphatic heterocycles.